The van der Waals surface area contributed by atoms with Crippen LogP contribution in [0.15, 0.2) is 0 Å². The van der Waals surface area contributed by atoms with Crippen molar-refractivity contribution in [2.75, 3.05) is 26.6 Å². The van der Waals surface area contributed by atoms with Crippen molar-refractivity contribution in [1.82, 2.24) is 4.90 Å². The average Bonchev–Trinajstić information content (AvgIpc) is 2.73. The second-order valence-corrected chi connectivity index (χ2v) is 6.47. The van der Waals surface area contributed by atoms with Crippen LogP contribution in [-0.4, -0.2) is 54.7 Å². The lowest BCUT2D eigenvalue weighted by atomic mass is 9.87. The highest BCUT2D eigenvalue weighted by Gasteiger charge is 2.55. The van der Waals surface area contributed by atoms with E-state index in [1.807, 2.05) is 0 Å². The molecule has 22 heavy (non-hydrogen) atoms. The molecule has 1 aliphatic heterocycles. The number of rotatable bonds is 5. The van der Waals surface area contributed by atoms with Gasteiger partial charge in [-0.3, -0.25) is 4.90 Å². The zero-order valence-corrected chi connectivity index (χ0v) is 14.0. The lowest BCUT2D eigenvalue weighted by Gasteiger charge is -2.37. The highest BCUT2D eigenvalue weighted by molar-refractivity contribution is 5.86. The van der Waals surface area contributed by atoms with Gasteiger partial charge in [0, 0.05) is 12.5 Å². The molecule has 1 unspecified atom stereocenters. The number of hydrogen-bond donors (Lipinski definition) is 0. The van der Waals surface area contributed by atoms with Gasteiger partial charge in [-0.25, -0.2) is 14.0 Å². The third-order valence-electron chi connectivity index (χ3n) is 3.76. The number of carbonyl (C=O) groups is 2. The SMILES string of the molecule is CCOC(=O)[C@@]1(C)C(COCF)CCN1C(=O)OC(C)(C)C. The van der Waals surface area contributed by atoms with Gasteiger partial charge in [-0.2, -0.15) is 0 Å². The van der Waals surface area contributed by atoms with E-state index in [1.54, 1.807) is 34.6 Å². The van der Waals surface area contributed by atoms with E-state index in [2.05, 4.69) is 0 Å². The molecule has 0 N–H and O–H groups in total. The number of esters is 1. The van der Waals surface area contributed by atoms with Gasteiger partial charge in [0.05, 0.1) is 13.2 Å². The molecule has 1 fully saturated rings. The van der Waals surface area contributed by atoms with Crippen LogP contribution in [0.25, 0.3) is 0 Å². The number of hydrogen-bond acceptors (Lipinski definition) is 5. The van der Waals surface area contributed by atoms with Gasteiger partial charge in [0.25, 0.3) is 0 Å². The molecule has 0 spiro atoms. The number of nitrogens with zero attached hydrogens (tertiary/aromatic N) is 1. The third kappa shape index (κ3) is 4.09. The fourth-order valence-electron chi connectivity index (χ4n) is 2.60. The summed E-state index contributed by atoms with van der Waals surface area (Å²) in [4.78, 5) is 26.1. The van der Waals surface area contributed by atoms with E-state index < -0.39 is 30.1 Å². The first-order chi connectivity index (χ1) is 10.2. The summed E-state index contributed by atoms with van der Waals surface area (Å²) in [6.45, 7) is 8.24. The largest absolute Gasteiger partial charge is 0.464 e. The number of ether oxygens (including phenoxy) is 3. The topological polar surface area (TPSA) is 65.1 Å². The van der Waals surface area contributed by atoms with Gasteiger partial charge in [0.15, 0.2) is 6.86 Å². The predicted molar refractivity (Wildman–Crippen MR) is 78.0 cm³/mol. The Labute approximate surface area is 130 Å². The maximum Gasteiger partial charge on any atom is 0.411 e. The number of carbonyl (C=O) groups excluding carboxylic acids is 2. The number of likely N-dealkylation sites (tertiary alicyclic amines) is 1. The molecule has 1 heterocycles. The molecule has 2 atom stereocenters. The van der Waals surface area contributed by atoms with Crippen LogP contribution in [0.2, 0.25) is 0 Å². The highest BCUT2D eigenvalue weighted by atomic mass is 19.1. The molecule has 0 bridgehead atoms. The molecule has 6 nitrogen and oxygen atoms in total. The zero-order valence-electron chi connectivity index (χ0n) is 14.0. The molecular weight excluding hydrogens is 293 g/mol. The van der Waals surface area contributed by atoms with Gasteiger partial charge in [-0.15, -0.1) is 0 Å². The van der Waals surface area contributed by atoms with Gasteiger partial charge in [-0.1, -0.05) is 0 Å². The average molecular weight is 319 g/mol. The Morgan fingerprint density at radius 3 is 2.50 bits per heavy atom. The molecule has 0 aliphatic carbocycles. The summed E-state index contributed by atoms with van der Waals surface area (Å²) >= 11 is 0. The maximum absolute atomic E-state index is 12.4. The lowest BCUT2D eigenvalue weighted by Crippen LogP contribution is -2.56. The van der Waals surface area contributed by atoms with Crippen LogP contribution in [0, 0.1) is 5.92 Å². The quantitative estimate of drug-likeness (QED) is 0.729. The Kier molecular flexibility index (Phi) is 6.17. The van der Waals surface area contributed by atoms with Crippen LogP contribution < -0.4 is 0 Å². The van der Waals surface area contributed by atoms with E-state index in [0.717, 1.165) is 0 Å². The summed E-state index contributed by atoms with van der Waals surface area (Å²) in [7, 11) is 0. The van der Waals surface area contributed by atoms with Crippen molar-refractivity contribution in [3.8, 4) is 0 Å². The minimum atomic E-state index is -1.21. The molecule has 0 radical (unpaired) electrons. The van der Waals surface area contributed by atoms with Crippen LogP contribution in [0.4, 0.5) is 9.18 Å². The Morgan fingerprint density at radius 2 is 2.00 bits per heavy atom. The van der Waals surface area contributed by atoms with E-state index in [-0.39, 0.29) is 19.1 Å². The Hall–Kier alpha value is -1.37. The molecule has 7 heteroatoms. The molecule has 0 aromatic carbocycles. The predicted octanol–water partition coefficient (Wildman–Crippen LogP) is 2.51. The molecule has 0 aromatic heterocycles. The van der Waals surface area contributed by atoms with E-state index in [0.29, 0.717) is 13.0 Å². The standard InChI is InChI=1S/C15H26FNO5/c1-6-21-12(18)15(5)11(9-20-10-16)7-8-17(15)13(19)22-14(2,3)4/h11H,6-10H2,1-5H3/t11?,15-/m1/s1. The van der Waals surface area contributed by atoms with E-state index in [4.69, 9.17) is 14.2 Å². The third-order valence-corrected chi connectivity index (χ3v) is 3.76. The maximum atomic E-state index is 12.4. The van der Waals surface area contributed by atoms with Crippen molar-refractivity contribution in [2.24, 2.45) is 5.92 Å². The minimum absolute atomic E-state index is 0.0467. The lowest BCUT2D eigenvalue weighted by molar-refractivity contribution is -0.158. The summed E-state index contributed by atoms with van der Waals surface area (Å²) in [6, 6.07) is 0. The molecule has 128 valence electrons. The van der Waals surface area contributed by atoms with Crippen molar-refractivity contribution in [2.45, 2.75) is 52.2 Å². The fraction of sp³-hybridized carbons (Fsp3) is 0.867. The molecule has 1 rings (SSSR count). The molecule has 1 amide bonds. The van der Waals surface area contributed by atoms with Crippen molar-refractivity contribution in [3.05, 3.63) is 0 Å². The zero-order chi connectivity index (χ0) is 17.0. The second-order valence-electron chi connectivity index (χ2n) is 6.47. The van der Waals surface area contributed by atoms with Crippen LogP contribution in [0.3, 0.4) is 0 Å². The molecule has 0 aromatic rings. The van der Waals surface area contributed by atoms with E-state index in [9.17, 15) is 14.0 Å². The second kappa shape index (κ2) is 7.26. The number of halogens is 1. The summed E-state index contributed by atoms with van der Waals surface area (Å²) in [5.41, 5.74) is -1.88. The van der Waals surface area contributed by atoms with Gasteiger partial charge in [0.2, 0.25) is 0 Å². The highest BCUT2D eigenvalue weighted by Crippen LogP contribution is 2.37. The molecule has 1 saturated heterocycles. The van der Waals surface area contributed by atoms with Crippen molar-refractivity contribution in [1.29, 1.82) is 0 Å². The van der Waals surface area contributed by atoms with E-state index >= 15 is 0 Å². The molecule has 1 aliphatic rings. The van der Waals surface area contributed by atoms with Crippen LogP contribution >= 0.6 is 0 Å². The first kappa shape index (κ1) is 18.7. The van der Waals surface area contributed by atoms with Gasteiger partial charge < -0.3 is 14.2 Å². The van der Waals surface area contributed by atoms with E-state index in [1.165, 1.54) is 4.90 Å². The minimum Gasteiger partial charge on any atom is -0.464 e. The summed E-state index contributed by atoms with van der Waals surface area (Å²) in [5, 5.41) is 0. The fourth-order valence-corrected chi connectivity index (χ4v) is 2.60. The number of alkyl halides is 1. The normalized spacial score (nSPS) is 25.2. The van der Waals surface area contributed by atoms with Gasteiger partial charge in [-0.05, 0) is 41.0 Å². The summed E-state index contributed by atoms with van der Waals surface area (Å²) in [5.74, 6) is -0.861. The summed E-state index contributed by atoms with van der Waals surface area (Å²) in [6.07, 6.45) is -0.0556. The Balaban J connectivity index is 3.00. The monoisotopic (exact) mass is 319 g/mol. The smallest absolute Gasteiger partial charge is 0.411 e. The van der Waals surface area contributed by atoms with Crippen molar-refractivity contribution < 1.29 is 28.2 Å². The van der Waals surface area contributed by atoms with Crippen LogP contribution in [-0.2, 0) is 19.0 Å². The van der Waals surface area contributed by atoms with Gasteiger partial charge >= 0.3 is 12.1 Å². The Morgan fingerprint density at radius 1 is 1.36 bits per heavy atom. The first-order valence-electron chi connectivity index (χ1n) is 7.48. The first-order valence-corrected chi connectivity index (χ1v) is 7.48. The van der Waals surface area contributed by atoms with Crippen molar-refractivity contribution in [3.63, 3.8) is 0 Å². The van der Waals surface area contributed by atoms with Crippen molar-refractivity contribution >= 4 is 12.1 Å². The van der Waals surface area contributed by atoms with Gasteiger partial charge in [0.1, 0.15) is 11.1 Å². The van der Waals surface area contributed by atoms with Crippen LogP contribution in [0.5, 0.6) is 0 Å². The van der Waals surface area contributed by atoms with Crippen LogP contribution in [0.1, 0.15) is 41.0 Å². The summed E-state index contributed by atoms with van der Waals surface area (Å²) < 4.78 is 27.6. The molecule has 0 saturated carbocycles. The number of amides is 1. The Bertz CT molecular complexity index is 409. The molecular formula is C15H26FNO5.